The second kappa shape index (κ2) is 10.9. The average Bonchev–Trinajstić information content (AvgIpc) is 2.89. The Labute approximate surface area is 235 Å². The molecule has 40 heavy (non-hydrogen) atoms. The fraction of sp³-hybridized carbons (Fsp3) is 0.586. The van der Waals surface area contributed by atoms with Crippen LogP contribution in [0.4, 0.5) is 8.78 Å². The van der Waals surface area contributed by atoms with Crippen molar-refractivity contribution in [1.82, 2.24) is 24.5 Å². The molecule has 0 bridgehead atoms. The minimum absolute atomic E-state index is 0.181. The molecule has 2 aromatic heterocycles. The third-order valence-electron chi connectivity index (χ3n) is 8.91. The summed E-state index contributed by atoms with van der Waals surface area (Å²) in [5, 5.41) is 10.2. The molecule has 0 N–H and O–H groups in total. The molecule has 6 rings (SSSR count). The number of alkyl halides is 2. The van der Waals surface area contributed by atoms with E-state index in [0.717, 1.165) is 67.4 Å². The summed E-state index contributed by atoms with van der Waals surface area (Å²) >= 11 is 6.33. The van der Waals surface area contributed by atoms with Crippen LogP contribution in [0.3, 0.4) is 0 Å². The van der Waals surface area contributed by atoms with Gasteiger partial charge in [0.15, 0.2) is 6.23 Å². The lowest BCUT2D eigenvalue weighted by Gasteiger charge is -2.59. The van der Waals surface area contributed by atoms with Gasteiger partial charge < -0.3 is 9.64 Å². The van der Waals surface area contributed by atoms with Gasteiger partial charge >= 0.3 is 0 Å². The highest BCUT2D eigenvalue weighted by Crippen LogP contribution is 2.53. The van der Waals surface area contributed by atoms with E-state index in [0.29, 0.717) is 53.2 Å². The fourth-order valence-electron chi connectivity index (χ4n) is 7.04. The van der Waals surface area contributed by atoms with Crippen LogP contribution >= 0.6 is 11.6 Å². The normalized spacial score (nSPS) is 21.2. The smallest absolute Gasteiger partial charge is 0.278 e. The zero-order valence-corrected chi connectivity index (χ0v) is 23.4. The first-order valence-corrected chi connectivity index (χ1v) is 14.5. The number of aryl methyl sites for hydroxylation is 2. The molecule has 1 atom stereocenters. The van der Waals surface area contributed by atoms with Gasteiger partial charge in [0.25, 0.3) is 17.5 Å². The Morgan fingerprint density at radius 3 is 2.62 bits per heavy atom. The number of hydrogen-bond donors (Lipinski definition) is 0. The van der Waals surface area contributed by atoms with E-state index in [4.69, 9.17) is 16.3 Å². The lowest BCUT2D eigenvalue weighted by atomic mass is 9.56. The first-order chi connectivity index (χ1) is 19.2. The molecule has 1 saturated carbocycles. The van der Waals surface area contributed by atoms with Gasteiger partial charge in [-0.15, -0.1) is 0 Å². The van der Waals surface area contributed by atoms with E-state index in [9.17, 15) is 18.4 Å². The van der Waals surface area contributed by atoms with Gasteiger partial charge in [0, 0.05) is 32.1 Å². The molecular formula is C29H34ClF2N5O3. The summed E-state index contributed by atoms with van der Waals surface area (Å²) in [6.45, 7) is 3.33. The van der Waals surface area contributed by atoms with Crippen molar-refractivity contribution in [1.29, 1.82) is 0 Å². The van der Waals surface area contributed by atoms with Crippen LogP contribution in [0.15, 0.2) is 34.1 Å². The van der Waals surface area contributed by atoms with Crippen molar-refractivity contribution in [2.45, 2.75) is 64.0 Å². The number of benzene rings is 1. The van der Waals surface area contributed by atoms with Crippen LogP contribution in [0.25, 0.3) is 10.8 Å². The molecular weight excluding hydrogens is 540 g/mol. The monoisotopic (exact) mass is 573 g/mol. The SMILES string of the molecule is Cn1ncc2c(CC3CC4(C3)CN(CCCc3cnn(C5CCCCO5)c(=O)c3C(F)F)C4)ccc(Cl)c2c1=O. The molecule has 2 saturated heterocycles. The van der Waals surface area contributed by atoms with Gasteiger partial charge in [-0.2, -0.15) is 10.2 Å². The number of rotatable bonds is 8. The first-order valence-electron chi connectivity index (χ1n) is 14.1. The van der Waals surface area contributed by atoms with Gasteiger partial charge in [0.1, 0.15) is 0 Å². The number of fused-ring (bicyclic) bond motifs is 1. The topological polar surface area (TPSA) is 82.2 Å². The minimum Gasteiger partial charge on any atom is -0.356 e. The van der Waals surface area contributed by atoms with Gasteiger partial charge in [-0.1, -0.05) is 17.7 Å². The fourth-order valence-corrected chi connectivity index (χ4v) is 7.28. The van der Waals surface area contributed by atoms with E-state index in [1.165, 1.54) is 10.9 Å². The first kappa shape index (κ1) is 27.5. The molecule has 3 fully saturated rings. The number of halogens is 3. The van der Waals surface area contributed by atoms with Crippen molar-refractivity contribution in [3.05, 3.63) is 66.9 Å². The summed E-state index contributed by atoms with van der Waals surface area (Å²) in [7, 11) is 1.63. The van der Waals surface area contributed by atoms with E-state index >= 15 is 0 Å². The molecule has 4 heterocycles. The molecule has 8 nitrogen and oxygen atoms in total. The Morgan fingerprint density at radius 1 is 1.10 bits per heavy atom. The molecule has 11 heteroatoms. The van der Waals surface area contributed by atoms with Crippen molar-refractivity contribution in [3.8, 4) is 0 Å². The lowest BCUT2D eigenvalue weighted by molar-refractivity contribution is -0.0936. The Kier molecular flexibility index (Phi) is 7.52. The van der Waals surface area contributed by atoms with Crippen molar-refractivity contribution < 1.29 is 13.5 Å². The third-order valence-corrected chi connectivity index (χ3v) is 9.23. The van der Waals surface area contributed by atoms with E-state index < -0.39 is 23.8 Å². The van der Waals surface area contributed by atoms with E-state index in [-0.39, 0.29) is 5.56 Å². The van der Waals surface area contributed by atoms with E-state index in [2.05, 4.69) is 15.1 Å². The zero-order chi connectivity index (χ0) is 28.0. The molecule has 1 unspecified atom stereocenters. The molecule has 3 aromatic rings. The standard InChI is InChI=1S/C29H34ClF2N5O3/c1-35-27(38)25-21(15-33-35)19(7-8-22(25)30)11-18-12-29(13-18)16-36(17-29)9-4-5-20-14-34-37(23-6-2-3-10-40-23)28(39)24(20)26(31)32/h7-8,14-15,18,23,26H,2-6,9-13,16-17H2,1H3. The Morgan fingerprint density at radius 2 is 1.90 bits per heavy atom. The largest absolute Gasteiger partial charge is 0.356 e. The van der Waals surface area contributed by atoms with Gasteiger partial charge in [-0.25, -0.2) is 18.1 Å². The van der Waals surface area contributed by atoms with E-state index in [1.807, 2.05) is 6.07 Å². The zero-order valence-electron chi connectivity index (χ0n) is 22.6. The highest BCUT2D eigenvalue weighted by Gasteiger charge is 2.51. The third kappa shape index (κ3) is 5.10. The van der Waals surface area contributed by atoms with Gasteiger partial charge in [0.2, 0.25) is 0 Å². The van der Waals surface area contributed by atoms with Crippen molar-refractivity contribution in [2.24, 2.45) is 18.4 Å². The van der Waals surface area contributed by atoms with Crippen molar-refractivity contribution >= 4 is 22.4 Å². The molecule has 2 aliphatic heterocycles. The summed E-state index contributed by atoms with van der Waals surface area (Å²) in [5.41, 5.74) is 0.435. The predicted octanol–water partition coefficient (Wildman–Crippen LogP) is 4.67. The predicted molar refractivity (Wildman–Crippen MR) is 148 cm³/mol. The maximum atomic E-state index is 13.9. The Balaban J connectivity index is 1.01. The van der Waals surface area contributed by atoms with Gasteiger partial charge in [-0.05, 0) is 86.4 Å². The number of likely N-dealkylation sites (tertiary alicyclic amines) is 1. The van der Waals surface area contributed by atoms with E-state index in [1.54, 1.807) is 19.3 Å². The molecule has 0 radical (unpaired) electrons. The molecule has 214 valence electrons. The van der Waals surface area contributed by atoms with Crippen LogP contribution in [-0.4, -0.2) is 50.7 Å². The Hall–Kier alpha value is -2.69. The maximum absolute atomic E-state index is 13.9. The second-order valence-corrected chi connectivity index (χ2v) is 12.2. The van der Waals surface area contributed by atoms with Gasteiger partial charge in [-0.3, -0.25) is 9.59 Å². The molecule has 1 aromatic carbocycles. The van der Waals surface area contributed by atoms with Crippen LogP contribution < -0.4 is 11.1 Å². The average molecular weight is 574 g/mol. The van der Waals surface area contributed by atoms with Crippen LogP contribution in [0, 0.1) is 11.3 Å². The summed E-state index contributed by atoms with van der Waals surface area (Å²) in [5.74, 6) is 0.551. The quantitative estimate of drug-likeness (QED) is 0.390. The Bertz CT molecular complexity index is 1520. The van der Waals surface area contributed by atoms with Gasteiger partial charge in [0.05, 0.1) is 28.4 Å². The van der Waals surface area contributed by atoms with Crippen LogP contribution in [0.1, 0.15) is 67.9 Å². The lowest BCUT2D eigenvalue weighted by Crippen LogP contribution is -2.62. The summed E-state index contributed by atoms with van der Waals surface area (Å²) in [6.07, 6.45) is 6.43. The van der Waals surface area contributed by atoms with Crippen LogP contribution in [0.2, 0.25) is 5.02 Å². The highest BCUT2D eigenvalue weighted by atomic mass is 35.5. The summed E-state index contributed by atoms with van der Waals surface area (Å²) < 4.78 is 35.7. The summed E-state index contributed by atoms with van der Waals surface area (Å²) in [4.78, 5) is 27.7. The van der Waals surface area contributed by atoms with Crippen molar-refractivity contribution in [2.75, 3.05) is 26.2 Å². The second-order valence-electron chi connectivity index (χ2n) is 11.8. The number of ether oxygens (including phenoxy) is 1. The van der Waals surface area contributed by atoms with Crippen LogP contribution in [-0.2, 0) is 24.6 Å². The molecule has 0 amide bonds. The minimum atomic E-state index is -2.84. The number of nitrogens with zero attached hydrogens (tertiary/aromatic N) is 5. The van der Waals surface area contributed by atoms with Crippen LogP contribution in [0.5, 0.6) is 0 Å². The van der Waals surface area contributed by atoms with Crippen molar-refractivity contribution in [3.63, 3.8) is 0 Å². The molecule has 3 aliphatic rings. The molecule has 1 spiro atoms. The summed E-state index contributed by atoms with van der Waals surface area (Å²) in [6, 6.07) is 3.81. The maximum Gasteiger partial charge on any atom is 0.278 e. The highest BCUT2D eigenvalue weighted by molar-refractivity contribution is 6.35. The number of hydrogen-bond acceptors (Lipinski definition) is 6. The molecule has 1 aliphatic carbocycles. The number of aromatic nitrogens is 4.